The van der Waals surface area contributed by atoms with Crippen LogP contribution in [0, 0.1) is 5.82 Å². The quantitative estimate of drug-likeness (QED) is 0.631. The molecule has 8 heteroatoms. The van der Waals surface area contributed by atoms with E-state index in [1.807, 2.05) is 0 Å². The minimum absolute atomic E-state index is 0.0384. The van der Waals surface area contributed by atoms with E-state index in [1.165, 1.54) is 55.0 Å². The molecule has 1 fully saturated rings. The molecule has 0 radical (unpaired) electrons. The normalized spacial score (nSPS) is 16.0. The van der Waals surface area contributed by atoms with Crippen LogP contribution in [0.4, 0.5) is 4.39 Å². The molecule has 1 N–H and O–H groups in total. The maximum atomic E-state index is 13.3. The van der Waals surface area contributed by atoms with Crippen LogP contribution in [0.25, 0.3) is 0 Å². The van der Waals surface area contributed by atoms with Crippen LogP contribution in [-0.2, 0) is 21.4 Å². The highest BCUT2D eigenvalue weighted by Gasteiger charge is 2.28. The summed E-state index contributed by atoms with van der Waals surface area (Å²) in [6.45, 7) is -0.345. The van der Waals surface area contributed by atoms with Crippen molar-refractivity contribution in [1.82, 2.24) is 9.62 Å². The van der Waals surface area contributed by atoms with Gasteiger partial charge in [0.25, 0.3) is 0 Å². The number of hydrogen-bond donors (Lipinski definition) is 1. The van der Waals surface area contributed by atoms with Crippen LogP contribution in [0.1, 0.15) is 50.5 Å². The number of amides is 1. The van der Waals surface area contributed by atoms with Gasteiger partial charge in [0.2, 0.25) is 15.9 Å². The Hall–Kier alpha value is -1.96. The number of carbonyl (C=O) groups excluding carboxylic acids is 1. The molecule has 2 aromatic carbocycles. The monoisotopic (exact) mass is 466 g/mol. The summed E-state index contributed by atoms with van der Waals surface area (Å²) in [6, 6.07) is 11.5. The highest BCUT2D eigenvalue weighted by molar-refractivity contribution is 7.89. The van der Waals surface area contributed by atoms with Crippen molar-refractivity contribution in [3.63, 3.8) is 0 Å². The van der Waals surface area contributed by atoms with E-state index in [9.17, 15) is 17.6 Å². The van der Waals surface area contributed by atoms with Crippen molar-refractivity contribution in [2.75, 3.05) is 6.54 Å². The van der Waals surface area contributed by atoms with Crippen molar-refractivity contribution < 1.29 is 17.6 Å². The molecule has 0 unspecified atom stereocenters. The van der Waals surface area contributed by atoms with E-state index in [0.29, 0.717) is 10.6 Å². The fraction of sp³-hybridized carbons (Fsp3) is 0.435. The van der Waals surface area contributed by atoms with Crippen LogP contribution in [-0.4, -0.2) is 31.2 Å². The van der Waals surface area contributed by atoms with Crippen LogP contribution in [0.5, 0.6) is 0 Å². The Morgan fingerprint density at radius 3 is 2.16 bits per heavy atom. The Bertz CT molecular complexity index is 957. The van der Waals surface area contributed by atoms with Crippen molar-refractivity contribution in [1.29, 1.82) is 0 Å². The maximum absolute atomic E-state index is 13.3. The molecule has 0 aliphatic heterocycles. The van der Waals surface area contributed by atoms with E-state index in [1.54, 1.807) is 0 Å². The fourth-order valence-corrected chi connectivity index (χ4v) is 5.32. The van der Waals surface area contributed by atoms with E-state index >= 15 is 0 Å². The zero-order valence-corrected chi connectivity index (χ0v) is 19.0. The maximum Gasteiger partial charge on any atom is 0.243 e. The number of nitrogens with zero attached hydrogens (tertiary/aromatic N) is 1. The molecule has 1 saturated carbocycles. The second kappa shape index (κ2) is 11.1. The van der Waals surface area contributed by atoms with Gasteiger partial charge in [-0.2, -0.15) is 4.31 Å². The lowest BCUT2D eigenvalue weighted by Crippen LogP contribution is -2.44. The van der Waals surface area contributed by atoms with Gasteiger partial charge in [0.1, 0.15) is 5.82 Å². The van der Waals surface area contributed by atoms with E-state index in [4.69, 9.17) is 11.6 Å². The van der Waals surface area contributed by atoms with Gasteiger partial charge in [0, 0.05) is 17.6 Å². The summed E-state index contributed by atoms with van der Waals surface area (Å²) < 4.78 is 41.0. The lowest BCUT2D eigenvalue weighted by Gasteiger charge is -2.25. The average molecular weight is 467 g/mol. The van der Waals surface area contributed by atoms with E-state index in [0.717, 1.165) is 42.8 Å². The highest BCUT2D eigenvalue weighted by Crippen LogP contribution is 2.21. The Labute approximate surface area is 188 Å². The molecule has 0 bridgehead atoms. The number of nitrogens with one attached hydrogen (secondary N) is 1. The predicted octanol–water partition coefficient (Wildman–Crippen LogP) is 4.90. The Morgan fingerprint density at radius 1 is 0.968 bits per heavy atom. The van der Waals surface area contributed by atoms with Gasteiger partial charge in [-0.15, -0.1) is 0 Å². The first-order valence-corrected chi connectivity index (χ1v) is 12.5. The smallest absolute Gasteiger partial charge is 0.243 e. The molecule has 168 valence electrons. The number of benzene rings is 2. The van der Waals surface area contributed by atoms with Crippen molar-refractivity contribution in [3.05, 3.63) is 64.9 Å². The minimum atomic E-state index is -3.95. The SMILES string of the molecule is O=C(CN(Cc1ccc(F)cc1)S(=O)(=O)c1ccc(Cl)cc1)NC1CCCCCCC1. The van der Waals surface area contributed by atoms with Crippen molar-refractivity contribution in [2.45, 2.75) is 62.4 Å². The molecular weight excluding hydrogens is 439 g/mol. The zero-order chi connectivity index (χ0) is 22.3. The molecule has 1 aliphatic rings. The Kier molecular flexibility index (Phi) is 8.46. The molecular formula is C23H28ClFN2O3S. The van der Waals surface area contributed by atoms with Gasteiger partial charge < -0.3 is 5.32 Å². The van der Waals surface area contributed by atoms with Crippen LogP contribution in [0.3, 0.4) is 0 Å². The molecule has 2 aromatic rings. The lowest BCUT2D eigenvalue weighted by atomic mass is 9.97. The third-order valence-corrected chi connectivity index (χ3v) is 7.57. The number of halogens is 2. The molecule has 31 heavy (non-hydrogen) atoms. The Balaban J connectivity index is 1.78. The standard InChI is InChI=1S/C23H28ClFN2O3S/c24-19-10-14-22(15-11-19)31(29,30)27(16-18-8-12-20(25)13-9-18)17-23(28)26-21-6-4-2-1-3-5-7-21/h8-15,21H,1-7,16-17H2,(H,26,28). The third kappa shape index (κ3) is 7.02. The summed E-state index contributed by atoms with van der Waals surface area (Å²) in [5.74, 6) is -0.733. The van der Waals surface area contributed by atoms with Gasteiger partial charge in [-0.25, -0.2) is 12.8 Å². The van der Waals surface area contributed by atoms with E-state index in [-0.39, 0.29) is 29.9 Å². The van der Waals surface area contributed by atoms with Crippen LogP contribution >= 0.6 is 11.6 Å². The summed E-state index contributed by atoms with van der Waals surface area (Å²) >= 11 is 5.90. The van der Waals surface area contributed by atoms with E-state index < -0.39 is 15.8 Å². The molecule has 0 heterocycles. The summed E-state index contributed by atoms with van der Waals surface area (Å²) in [6.07, 6.45) is 7.50. The van der Waals surface area contributed by atoms with E-state index in [2.05, 4.69) is 5.32 Å². The van der Waals surface area contributed by atoms with Crippen LogP contribution in [0.15, 0.2) is 53.4 Å². The number of hydrogen-bond acceptors (Lipinski definition) is 3. The van der Waals surface area contributed by atoms with Gasteiger partial charge in [0.15, 0.2) is 0 Å². The molecule has 3 rings (SSSR count). The first kappa shape index (κ1) is 23.7. The van der Waals surface area contributed by atoms with Crippen molar-refractivity contribution >= 4 is 27.5 Å². The minimum Gasteiger partial charge on any atom is -0.352 e. The average Bonchev–Trinajstić information content (AvgIpc) is 2.71. The van der Waals surface area contributed by atoms with Crippen LogP contribution < -0.4 is 5.32 Å². The Morgan fingerprint density at radius 2 is 1.55 bits per heavy atom. The summed E-state index contributed by atoms with van der Waals surface area (Å²) in [5, 5.41) is 3.44. The number of carbonyl (C=O) groups is 1. The topological polar surface area (TPSA) is 66.5 Å². The molecule has 1 aliphatic carbocycles. The fourth-order valence-electron chi connectivity index (χ4n) is 3.81. The first-order chi connectivity index (χ1) is 14.8. The first-order valence-electron chi connectivity index (χ1n) is 10.6. The second-order valence-electron chi connectivity index (χ2n) is 7.96. The lowest BCUT2D eigenvalue weighted by molar-refractivity contribution is -0.122. The molecule has 5 nitrogen and oxygen atoms in total. The molecule has 0 atom stereocenters. The van der Waals surface area contributed by atoms with Gasteiger partial charge in [-0.3, -0.25) is 4.79 Å². The van der Waals surface area contributed by atoms with Gasteiger partial charge >= 0.3 is 0 Å². The molecule has 0 saturated heterocycles. The van der Waals surface area contributed by atoms with Crippen molar-refractivity contribution in [3.8, 4) is 0 Å². The molecule has 0 spiro atoms. The van der Waals surface area contributed by atoms with Gasteiger partial charge in [-0.1, -0.05) is 55.8 Å². The summed E-state index contributed by atoms with van der Waals surface area (Å²) in [7, 11) is -3.95. The molecule has 0 aromatic heterocycles. The van der Waals surface area contributed by atoms with Crippen LogP contribution in [0.2, 0.25) is 5.02 Å². The summed E-state index contributed by atoms with van der Waals surface area (Å²) in [4.78, 5) is 12.9. The highest BCUT2D eigenvalue weighted by atomic mass is 35.5. The number of rotatable bonds is 7. The second-order valence-corrected chi connectivity index (χ2v) is 10.3. The predicted molar refractivity (Wildman–Crippen MR) is 120 cm³/mol. The zero-order valence-electron chi connectivity index (χ0n) is 17.4. The van der Waals surface area contributed by atoms with Crippen molar-refractivity contribution in [2.24, 2.45) is 0 Å². The number of sulfonamides is 1. The summed E-state index contributed by atoms with van der Waals surface area (Å²) in [5.41, 5.74) is 0.595. The molecule has 1 amide bonds. The third-order valence-electron chi connectivity index (χ3n) is 5.51. The van der Waals surface area contributed by atoms with Gasteiger partial charge in [0.05, 0.1) is 11.4 Å². The van der Waals surface area contributed by atoms with Gasteiger partial charge in [-0.05, 0) is 54.8 Å². The largest absolute Gasteiger partial charge is 0.352 e.